The Kier molecular flexibility index (Phi) is 8.17. The molecule has 2 N–H and O–H groups in total. The van der Waals surface area contributed by atoms with Crippen LogP contribution in [0.15, 0.2) is 54.6 Å². The Hall–Kier alpha value is -3.87. The molecule has 0 bridgehead atoms. The molecule has 3 unspecified atom stereocenters. The van der Waals surface area contributed by atoms with E-state index in [0.717, 1.165) is 54.4 Å². The smallest absolute Gasteiger partial charge is 0.318 e. The van der Waals surface area contributed by atoms with Crippen LogP contribution in [0.25, 0.3) is 22.3 Å². The lowest BCUT2D eigenvalue weighted by Gasteiger charge is -2.34. The molecule has 3 aliphatic rings. The van der Waals surface area contributed by atoms with Crippen LogP contribution in [0.1, 0.15) is 65.7 Å². The van der Waals surface area contributed by atoms with Gasteiger partial charge in [0.2, 0.25) is 10.0 Å². The second-order valence-corrected chi connectivity index (χ2v) is 14.9. The molecule has 3 aromatic rings. The van der Waals surface area contributed by atoms with E-state index in [1.54, 1.807) is 0 Å². The molecule has 9 nitrogen and oxygen atoms in total. The lowest BCUT2D eigenvalue weighted by Crippen LogP contribution is -2.50. The molecule has 240 valence electrons. The average Bonchev–Trinajstić information content (AvgIpc) is 3.55. The number of carbonyl (C=O) groups excluding carboxylic acids is 1. The number of urea groups is 1. The van der Waals surface area contributed by atoms with Gasteiger partial charge in [-0.3, -0.25) is 0 Å². The molecule has 5 atom stereocenters. The highest BCUT2D eigenvalue weighted by atomic mass is 32.2. The maximum Gasteiger partial charge on any atom is 0.318 e. The highest BCUT2D eigenvalue weighted by molar-refractivity contribution is 7.91. The molecule has 2 fully saturated rings. The minimum atomic E-state index is -4.38. The fraction of sp³-hybridized carbons (Fsp3) is 0.469. The van der Waals surface area contributed by atoms with Gasteiger partial charge < -0.3 is 15.5 Å². The molecular weight excluding hydrogens is 605 g/mol. The van der Waals surface area contributed by atoms with Gasteiger partial charge in [0.1, 0.15) is 21.9 Å². The predicted octanol–water partition coefficient (Wildman–Crippen LogP) is 6.43. The molecule has 1 saturated carbocycles. The third-order valence-electron chi connectivity index (χ3n) is 9.35. The summed E-state index contributed by atoms with van der Waals surface area (Å²) < 4.78 is 71.4. The first-order chi connectivity index (χ1) is 21.4. The van der Waals surface area contributed by atoms with Gasteiger partial charge in [0.05, 0.1) is 6.20 Å². The summed E-state index contributed by atoms with van der Waals surface area (Å²) in [6.45, 7) is 5.48. The van der Waals surface area contributed by atoms with Crippen LogP contribution in [-0.4, -0.2) is 62.2 Å². The number of carbonyl (C=O) groups is 1. The van der Waals surface area contributed by atoms with Gasteiger partial charge in [-0.15, -0.1) is 0 Å². The summed E-state index contributed by atoms with van der Waals surface area (Å²) in [5, 5.41) is 6.53. The SMILES string of the molecule is CC1CCC(C)N1C(=O)N[C@@H]1CCC[C@H](Nc2nc(-c3cn(S(=O)(=O)C4(C)C=C(F)C=CC4)c4c(F)cccc34)ncc2F)C1. The number of rotatable bonds is 6. The number of nitrogens with one attached hydrogen (secondary N) is 2. The standard InChI is InChI=1S/C32H37F3N6O3S/c1-19-12-13-20(2)41(19)31(42)38-23-9-4-8-22(15-23)37-30-27(35)17-36-29(39-30)25-18-40(28-24(25)10-5-11-26(28)34)45(43,44)32(3)14-6-7-21(33)16-32/h5-7,10-11,16-20,22-23H,4,8-9,12-15H2,1-3H3,(H,38,42)(H,36,37,39)/t19?,20?,22-,23+,32?/m0/s1. The van der Waals surface area contributed by atoms with Crippen LogP contribution in [0.2, 0.25) is 0 Å². The lowest BCUT2D eigenvalue weighted by atomic mass is 9.91. The van der Waals surface area contributed by atoms with E-state index in [1.165, 1.54) is 37.4 Å². The summed E-state index contributed by atoms with van der Waals surface area (Å²) in [5.74, 6) is -2.28. The molecule has 2 aromatic heterocycles. The van der Waals surface area contributed by atoms with Gasteiger partial charge in [-0.25, -0.2) is 40.3 Å². The van der Waals surface area contributed by atoms with Crippen LogP contribution in [0.4, 0.5) is 23.8 Å². The molecule has 1 aromatic carbocycles. The zero-order valence-electron chi connectivity index (χ0n) is 25.4. The van der Waals surface area contributed by atoms with E-state index in [1.807, 2.05) is 4.90 Å². The van der Waals surface area contributed by atoms with E-state index in [0.29, 0.717) is 6.42 Å². The number of benzene rings is 1. The normalized spacial score (nSPS) is 27.1. The largest absolute Gasteiger partial charge is 0.365 e. The highest BCUT2D eigenvalue weighted by Gasteiger charge is 2.41. The van der Waals surface area contributed by atoms with Crippen molar-refractivity contribution in [2.24, 2.45) is 0 Å². The van der Waals surface area contributed by atoms with Crippen LogP contribution in [0.5, 0.6) is 0 Å². The molecule has 1 saturated heterocycles. The highest BCUT2D eigenvalue weighted by Crippen LogP contribution is 2.38. The molecule has 45 heavy (non-hydrogen) atoms. The van der Waals surface area contributed by atoms with Gasteiger partial charge in [-0.1, -0.05) is 18.2 Å². The first-order valence-corrected chi connectivity index (χ1v) is 16.8. The fourth-order valence-electron chi connectivity index (χ4n) is 6.87. The zero-order valence-corrected chi connectivity index (χ0v) is 26.3. The van der Waals surface area contributed by atoms with Gasteiger partial charge in [0.25, 0.3) is 0 Å². The van der Waals surface area contributed by atoms with Crippen molar-refractivity contribution in [3.05, 3.63) is 66.3 Å². The molecule has 0 radical (unpaired) electrons. The Morgan fingerprint density at radius 1 is 1.04 bits per heavy atom. The second kappa shape index (κ2) is 11.8. The van der Waals surface area contributed by atoms with E-state index in [4.69, 9.17) is 0 Å². The Morgan fingerprint density at radius 2 is 1.78 bits per heavy atom. The quantitative estimate of drug-likeness (QED) is 0.321. The topological polar surface area (TPSA) is 109 Å². The molecule has 2 aliphatic carbocycles. The number of likely N-dealkylation sites (tertiary alicyclic amines) is 1. The van der Waals surface area contributed by atoms with Gasteiger partial charge in [0, 0.05) is 41.3 Å². The Morgan fingerprint density at radius 3 is 2.51 bits per heavy atom. The van der Waals surface area contributed by atoms with Crippen LogP contribution in [0, 0.1) is 11.6 Å². The van der Waals surface area contributed by atoms with Crippen LogP contribution >= 0.6 is 0 Å². The van der Waals surface area contributed by atoms with Crippen LogP contribution in [-0.2, 0) is 10.0 Å². The number of hydrogen-bond donors (Lipinski definition) is 2. The monoisotopic (exact) mass is 642 g/mol. The van der Waals surface area contributed by atoms with Gasteiger partial charge in [0.15, 0.2) is 17.5 Å². The third-order valence-corrected chi connectivity index (χ3v) is 11.6. The van der Waals surface area contributed by atoms with Crippen molar-refractivity contribution >= 4 is 32.8 Å². The van der Waals surface area contributed by atoms with Gasteiger partial charge >= 0.3 is 6.03 Å². The maximum atomic E-state index is 15.3. The van der Waals surface area contributed by atoms with Gasteiger partial charge in [-0.2, -0.15) is 0 Å². The van der Waals surface area contributed by atoms with Crippen molar-refractivity contribution < 1.29 is 26.4 Å². The molecule has 1 aliphatic heterocycles. The van der Waals surface area contributed by atoms with Crippen molar-refractivity contribution in [3.63, 3.8) is 0 Å². The number of para-hydroxylation sites is 1. The van der Waals surface area contributed by atoms with Crippen LogP contribution in [0.3, 0.4) is 0 Å². The molecule has 13 heteroatoms. The molecule has 0 spiro atoms. The summed E-state index contributed by atoms with van der Waals surface area (Å²) in [5.41, 5.74) is -0.0508. The van der Waals surface area contributed by atoms with E-state index in [-0.39, 0.29) is 64.7 Å². The van der Waals surface area contributed by atoms with Crippen LogP contribution < -0.4 is 10.6 Å². The summed E-state index contributed by atoms with van der Waals surface area (Å²) in [6.07, 6.45) is 10.7. The second-order valence-electron chi connectivity index (χ2n) is 12.7. The molecular formula is C32H37F3N6O3S. The minimum Gasteiger partial charge on any atom is -0.365 e. The minimum absolute atomic E-state index is 0.00321. The number of fused-ring (bicyclic) bond motifs is 1. The van der Waals surface area contributed by atoms with E-state index >= 15 is 8.78 Å². The number of halogens is 3. The van der Waals surface area contributed by atoms with Crippen molar-refractivity contribution in [2.75, 3.05) is 5.32 Å². The Balaban J connectivity index is 1.28. The fourth-order valence-corrected chi connectivity index (χ4v) is 8.56. The summed E-state index contributed by atoms with van der Waals surface area (Å²) in [4.78, 5) is 23.5. The Bertz CT molecular complexity index is 1800. The molecule has 6 rings (SSSR count). The molecule has 2 amide bonds. The van der Waals surface area contributed by atoms with Crippen molar-refractivity contribution in [1.29, 1.82) is 0 Å². The number of nitrogens with zero attached hydrogens (tertiary/aromatic N) is 4. The Labute approximate surface area is 260 Å². The van der Waals surface area contributed by atoms with E-state index in [2.05, 4.69) is 34.4 Å². The number of aromatic nitrogens is 3. The first-order valence-electron chi connectivity index (χ1n) is 15.4. The van der Waals surface area contributed by atoms with E-state index < -0.39 is 32.2 Å². The zero-order chi connectivity index (χ0) is 32.1. The lowest BCUT2D eigenvalue weighted by molar-refractivity contribution is 0.172. The number of anilines is 1. The molecule has 3 heterocycles. The number of amides is 2. The van der Waals surface area contributed by atoms with Gasteiger partial charge in [-0.05, 0) is 83.9 Å². The van der Waals surface area contributed by atoms with Crippen molar-refractivity contribution in [2.45, 2.75) is 94.6 Å². The first kappa shape index (κ1) is 31.1. The number of allylic oxidation sites excluding steroid dienone is 3. The number of hydrogen-bond acceptors (Lipinski definition) is 6. The summed E-state index contributed by atoms with van der Waals surface area (Å²) in [7, 11) is -4.38. The third kappa shape index (κ3) is 5.70. The van der Waals surface area contributed by atoms with E-state index in [9.17, 15) is 17.6 Å². The maximum absolute atomic E-state index is 15.3. The summed E-state index contributed by atoms with van der Waals surface area (Å²) in [6, 6.07) is 4.12. The predicted molar refractivity (Wildman–Crippen MR) is 167 cm³/mol. The summed E-state index contributed by atoms with van der Waals surface area (Å²) >= 11 is 0. The van der Waals surface area contributed by atoms with Crippen molar-refractivity contribution in [1.82, 2.24) is 24.2 Å². The van der Waals surface area contributed by atoms with Crippen molar-refractivity contribution in [3.8, 4) is 11.4 Å². The average molecular weight is 643 g/mol.